The monoisotopic (exact) mass is 249 g/mol. The van der Waals surface area contributed by atoms with Gasteiger partial charge in [0.2, 0.25) is 0 Å². The van der Waals surface area contributed by atoms with Crippen molar-refractivity contribution < 1.29 is 4.74 Å². The van der Waals surface area contributed by atoms with Gasteiger partial charge in [-0.2, -0.15) is 0 Å². The van der Waals surface area contributed by atoms with E-state index in [1.807, 2.05) is 42.5 Å². The van der Waals surface area contributed by atoms with Crippen molar-refractivity contribution in [1.29, 1.82) is 0 Å². The summed E-state index contributed by atoms with van der Waals surface area (Å²) in [6.07, 6.45) is 0. The number of aryl methyl sites for hydroxylation is 1. The molecule has 0 unspecified atom stereocenters. The van der Waals surface area contributed by atoms with Crippen LogP contribution in [0.1, 0.15) is 5.69 Å². The third kappa shape index (κ3) is 2.34. The Labute approximate surface area is 105 Å². The molecule has 0 saturated carbocycles. The van der Waals surface area contributed by atoms with E-state index in [0.29, 0.717) is 5.69 Å². The van der Waals surface area contributed by atoms with Crippen LogP contribution in [0.3, 0.4) is 0 Å². The summed E-state index contributed by atoms with van der Waals surface area (Å²) < 4.78 is 5.33. The average molecular weight is 249 g/mol. The first kappa shape index (κ1) is 11.7. The summed E-state index contributed by atoms with van der Waals surface area (Å²) in [5.41, 5.74) is 8.45. The van der Waals surface area contributed by atoms with E-state index >= 15 is 0 Å². The van der Waals surface area contributed by atoms with Crippen LogP contribution < -0.4 is 15.4 Å². The van der Waals surface area contributed by atoms with Crippen molar-refractivity contribution in [2.75, 3.05) is 24.8 Å². The number of rotatable bonds is 3. The molecule has 17 heavy (non-hydrogen) atoms. The summed E-state index contributed by atoms with van der Waals surface area (Å²) in [5, 5.41) is 2.94. The van der Waals surface area contributed by atoms with Crippen LogP contribution in [-0.2, 0) is 0 Å². The van der Waals surface area contributed by atoms with Crippen molar-refractivity contribution in [1.82, 2.24) is 4.98 Å². The van der Waals surface area contributed by atoms with Crippen molar-refractivity contribution in [2.24, 2.45) is 0 Å². The Morgan fingerprint density at radius 2 is 2.18 bits per heavy atom. The summed E-state index contributed by atoms with van der Waals surface area (Å²) in [5.74, 6) is 0.787. The average Bonchev–Trinajstić information content (AvgIpc) is 2.75. The van der Waals surface area contributed by atoms with Crippen LogP contribution in [0.5, 0.6) is 5.75 Å². The minimum atomic E-state index is 0.709. The number of benzene rings is 1. The van der Waals surface area contributed by atoms with E-state index in [2.05, 4.69) is 4.98 Å². The standard InChI is InChI=1S/C12H15N3OS/c1-8-7-17-12(14-8)15(2)10-6-9(13)4-5-11(10)16-3/h4-7H,13H2,1-3H3. The van der Waals surface area contributed by atoms with Crippen molar-refractivity contribution >= 4 is 27.8 Å². The zero-order valence-electron chi connectivity index (χ0n) is 10.1. The molecule has 0 amide bonds. The first-order chi connectivity index (χ1) is 8.11. The summed E-state index contributed by atoms with van der Waals surface area (Å²) in [4.78, 5) is 6.42. The van der Waals surface area contributed by atoms with Gasteiger partial charge in [0.15, 0.2) is 5.13 Å². The Kier molecular flexibility index (Phi) is 3.19. The molecule has 0 fully saturated rings. The SMILES string of the molecule is COc1ccc(N)cc1N(C)c1nc(C)cs1. The van der Waals surface area contributed by atoms with Crippen molar-refractivity contribution in [3.8, 4) is 5.75 Å². The number of nitrogens with zero attached hydrogens (tertiary/aromatic N) is 2. The number of nitrogen functional groups attached to an aromatic ring is 1. The minimum absolute atomic E-state index is 0.709. The van der Waals surface area contributed by atoms with E-state index in [4.69, 9.17) is 10.5 Å². The summed E-state index contributed by atoms with van der Waals surface area (Å²) >= 11 is 1.60. The molecule has 1 heterocycles. The molecular formula is C12H15N3OS. The molecule has 2 N–H and O–H groups in total. The fourth-order valence-corrected chi connectivity index (χ4v) is 2.35. The van der Waals surface area contributed by atoms with E-state index in [9.17, 15) is 0 Å². The predicted octanol–water partition coefficient (Wildman–Crippen LogP) is 2.81. The molecule has 0 aliphatic carbocycles. The molecule has 0 spiro atoms. The third-order valence-corrected chi connectivity index (χ3v) is 3.49. The van der Waals surface area contributed by atoms with E-state index in [1.165, 1.54) is 0 Å². The fourth-order valence-electron chi connectivity index (χ4n) is 1.57. The normalized spacial score (nSPS) is 10.3. The van der Waals surface area contributed by atoms with Gasteiger partial charge in [0.1, 0.15) is 5.75 Å². The van der Waals surface area contributed by atoms with Crippen LogP contribution in [0.4, 0.5) is 16.5 Å². The van der Waals surface area contributed by atoms with E-state index in [1.54, 1.807) is 18.4 Å². The van der Waals surface area contributed by atoms with E-state index in [0.717, 1.165) is 22.3 Å². The molecule has 2 rings (SSSR count). The molecule has 0 aliphatic heterocycles. The molecule has 1 aromatic heterocycles. The highest BCUT2D eigenvalue weighted by Gasteiger charge is 2.12. The molecule has 4 nitrogen and oxygen atoms in total. The van der Waals surface area contributed by atoms with Crippen molar-refractivity contribution in [3.63, 3.8) is 0 Å². The molecule has 0 atom stereocenters. The van der Waals surface area contributed by atoms with Gasteiger partial charge in [-0.1, -0.05) is 0 Å². The molecule has 5 heteroatoms. The third-order valence-electron chi connectivity index (χ3n) is 2.46. The largest absolute Gasteiger partial charge is 0.495 e. The smallest absolute Gasteiger partial charge is 0.189 e. The molecule has 0 radical (unpaired) electrons. The first-order valence-corrected chi connectivity index (χ1v) is 6.09. The van der Waals surface area contributed by atoms with Crippen LogP contribution in [0, 0.1) is 6.92 Å². The van der Waals surface area contributed by atoms with Gasteiger partial charge in [0.05, 0.1) is 18.5 Å². The maximum Gasteiger partial charge on any atom is 0.189 e. The van der Waals surface area contributed by atoms with Crippen LogP contribution in [-0.4, -0.2) is 19.1 Å². The Morgan fingerprint density at radius 1 is 1.41 bits per heavy atom. The number of methoxy groups -OCH3 is 1. The Morgan fingerprint density at radius 3 is 2.76 bits per heavy atom. The first-order valence-electron chi connectivity index (χ1n) is 5.21. The molecule has 0 aliphatic rings. The maximum atomic E-state index is 5.80. The molecule has 0 bridgehead atoms. The van der Waals surface area contributed by atoms with Gasteiger partial charge >= 0.3 is 0 Å². The number of ether oxygens (including phenoxy) is 1. The highest BCUT2D eigenvalue weighted by Crippen LogP contribution is 2.35. The summed E-state index contributed by atoms with van der Waals surface area (Å²) in [7, 11) is 3.60. The topological polar surface area (TPSA) is 51.4 Å². The number of hydrogen-bond donors (Lipinski definition) is 1. The molecule has 1 aromatic carbocycles. The molecular weight excluding hydrogens is 234 g/mol. The number of thiazole rings is 1. The lowest BCUT2D eigenvalue weighted by atomic mass is 10.2. The Balaban J connectivity index is 2.42. The fraction of sp³-hybridized carbons (Fsp3) is 0.250. The van der Waals surface area contributed by atoms with Crippen LogP contribution in [0.15, 0.2) is 23.6 Å². The number of nitrogens with two attached hydrogens (primary N) is 1. The lowest BCUT2D eigenvalue weighted by molar-refractivity contribution is 0.416. The maximum absolute atomic E-state index is 5.80. The lowest BCUT2D eigenvalue weighted by Crippen LogP contribution is -2.11. The second kappa shape index (κ2) is 4.63. The quantitative estimate of drug-likeness (QED) is 0.850. The van der Waals surface area contributed by atoms with Gasteiger partial charge in [-0.15, -0.1) is 11.3 Å². The zero-order chi connectivity index (χ0) is 12.4. The zero-order valence-corrected chi connectivity index (χ0v) is 10.9. The summed E-state index contributed by atoms with van der Waals surface area (Å²) in [6.45, 7) is 1.98. The second-order valence-corrected chi connectivity index (χ2v) is 4.60. The van der Waals surface area contributed by atoms with Crippen molar-refractivity contribution in [3.05, 3.63) is 29.3 Å². The predicted molar refractivity (Wildman–Crippen MR) is 72.3 cm³/mol. The number of aromatic nitrogens is 1. The highest BCUT2D eigenvalue weighted by molar-refractivity contribution is 7.13. The Bertz CT molecular complexity index is 524. The van der Waals surface area contributed by atoms with Gasteiger partial charge in [-0.05, 0) is 25.1 Å². The molecule has 90 valence electrons. The van der Waals surface area contributed by atoms with Gasteiger partial charge < -0.3 is 15.4 Å². The van der Waals surface area contributed by atoms with Gasteiger partial charge in [0, 0.05) is 18.1 Å². The lowest BCUT2D eigenvalue weighted by Gasteiger charge is -2.19. The second-order valence-electron chi connectivity index (χ2n) is 3.76. The van der Waals surface area contributed by atoms with Crippen molar-refractivity contribution in [2.45, 2.75) is 6.92 Å². The number of hydrogen-bond acceptors (Lipinski definition) is 5. The van der Waals surface area contributed by atoms with Gasteiger partial charge in [-0.3, -0.25) is 0 Å². The van der Waals surface area contributed by atoms with E-state index in [-0.39, 0.29) is 0 Å². The highest BCUT2D eigenvalue weighted by atomic mass is 32.1. The molecule has 0 saturated heterocycles. The van der Waals surface area contributed by atoms with Crippen LogP contribution in [0.25, 0.3) is 0 Å². The summed E-state index contributed by atoms with van der Waals surface area (Å²) in [6, 6.07) is 5.57. The van der Waals surface area contributed by atoms with E-state index < -0.39 is 0 Å². The van der Waals surface area contributed by atoms with Crippen LogP contribution >= 0.6 is 11.3 Å². The van der Waals surface area contributed by atoms with Crippen LogP contribution in [0.2, 0.25) is 0 Å². The number of anilines is 3. The Hall–Kier alpha value is -1.75. The minimum Gasteiger partial charge on any atom is -0.495 e. The van der Waals surface area contributed by atoms with Gasteiger partial charge in [0.25, 0.3) is 0 Å². The van der Waals surface area contributed by atoms with Gasteiger partial charge in [-0.25, -0.2) is 4.98 Å². The molecule has 2 aromatic rings.